The molecule has 0 spiro atoms. The SMILES string of the molecule is C=Cc1cccc2c1C(=C)C=C2.CC.CS. The molecule has 1 aromatic rings. The number of hydrogen-bond acceptors (Lipinski definition) is 1. The van der Waals surface area contributed by atoms with Crippen LogP contribution in [0.3, 0.4) is 0 Å². The molecule has 0 saturated heterocycles. The van der Waals surface area contributed by atoms with E-state index < -0.39 is 0 Å². The molecule has 0 radical (unpaired) electrons. The predicted octanol–water partition coefficient (Wildman–Crippen LogP) is 4.94. The molecule has 0 amide bonds. The Morgan fingerprint density at radius 2 is 1.75 bits per heavy atom. The molecule has 0 N–H and O–H groups in total. The van der Waals surface area contributed by atoms with Gasteiger partial charge >= 0.3 is 0 Å². The first kappa shape index (κ1) is 14.8. The Hall–Kier alpha value is -1.21. The molecular formula is C15H20S. The molecule has 1 aromatic carbocycles. The van der Waals surface area contributed by atoms with Crippen molar-refractivity contribution in [3.05, 3.63) is 54.1 Å². The summed E-state index contributed by atoms with van der Waals surface area (Å²) >= 11 is 3.53. The second kappa shape index (κ2) is 8.00. The van der Waals surface area contributed by atoms with E-state index in [2.05, 4.69) is 44.0 Å². The fourth-order valence-corrected chi connectivity index (χ4v) is 1.54. The second-order valence-corrected chi connectivity index (χ2v) is 2.87. The van der Waals surface area contributed by atoms with E-state index in [-0.39, 0.29) is 0 Å². The number of rotatable bonds is 1. The summed E-state index contributed by atoms with van der Waals surface area (Å²) in [6.07, 6.45) is 7.69. The molecule has 1 heteroatoms. The molecule has 0 saturated carbocycles. The Balaban J connectivity index is 0.000000509. The number of hydrogen-bond donors (Lipinski definition) is 1. The first-order valence-electron chi connectivity index (χ1n) is 5.40. The minimum absolute atomic E-state index is 1.08. The van der Waals surface area contributed by atoms with E-state index in [1.54, 1.807) is 6.26 Å². The van der Waals surface area contributed by atoms with Crippen molar-refractivity contribution < 1.29 is 0 Å². The summed E-state index contributed by atoms with van der Waals surface area (Å²) in [4.78, 5) is 0. The summed E-state index contributed by atoms with van der Waals surface area (Å²) in [5, 5.41) is 0. The zero-order valence-corrected chi connectivity index (χ0v) is 11.2. The van der Waals surface area contributed by atoms with E-state index >= 15 is 0 Å². The largest absolute Gasteiger partial charge is 0.183 e. The summed E-state index contributed by atoms with van der Waals surface area (Å²) in [7, 11) is 0. The van der Waals surface area contributed by atoms with Crippen LogP contribution in [0.15, 0.2) is 37.4 Å². The van der Waals surface area contributed by atoms with Crippen LogP contribution in [0, 0.1) is 0 Å². The van der Waals surface area contributed by atoms with Crippen LogP contribution >= 0.6 is 12.6 Å². The normalized spacial score (nSPS) is 10.6. The lowest BCUT2D eigenvalue weighted by atomic mass is 10.0. The summed E-state index contributed by atoms with van der Waals surface area (Å²) in [6.45, 7) is 11.7. The third kappa shape index (κ3) is 3.14. The van der Waals surface area contributed by atoms with Crippen molar-refractivity contribution in [1.82, 2.24) is 0 Å². The summed E-state index contributed by atoms with van der Waals surface area (Å²) in [6, 6.07) is 6.19. The Labute approximate surface area is 105 Å². The van der Waals surface area contributed by atoms with Crippen molar-refractivity contribution in [2.75, 3.05) is 6.26 Å². The first-order chi connectivity index (χ1) is 7.83. The molecule has 1 aliphatic rings. The highest BCUT2D eigenvalue weighted by atomic mass is 32.1. The van der Waals surface area contributed by atoms with Gasteiger partial charge in [0, 0.05) is 0 Å². The van der Waals surface area contributed by atoms with Crippen molar-refractivity contribution in [2.45, 2.75) is 13.8 Å². The van der Waals surface area contributed by atoms with Gasteiger partial charge in [0.25, 0.3) is 0 Å². The quantitative estimate of drug-likeness (QED) is 0.651. The maximum absolute atomic E-state index is 3.97. The molecular weight excluding hydrogens is 212 g/mol. The molecule has 86 valence electrons. The summed E-state index contributed by atoms with van der Waals surface area (Å²) in [5.41, 5.74) is 4.73. The van der Waals surface area contributed by atoms with Crippen molar-refractivity contribution in [3.8, 4) is 0 Å². The molecule has 16 heavy (non-hydrogen) atoms. The van der Waals surface area contributed by atoms with Crippen molar-refractivity contribution in [3.63, 3.8) is 0 Å². The van der Waals surface area contributed by atoms with Gasteiger partial charge in [0.2, 0.25) is 0 Å². The number of thiol groups is 1. The fourth-order valence-electron chi connectivity index (χ4n) is 1.54. The van der Waals surface area contributed by atoms with E-state index in [4.69, 9.17) is 0 Å². The number of allylic oxidation sites excluding steroid dienone is 2. The van der Waals surface area contributed by atoms with Crippen LogP contribution in [0.5, 0.6) is 0 Å². The van der Waals surface area contributed by atoms with Gasteiger partial charge in [-0.2, -0.15) is 12.6 Å². The maximum Gasteiger partial charge on any atom is -0.00450 e. The van der Waals surface area contributed by atoms with Gasteiger partial charge in [-0.3, -0.25) is 0 Å². The fraction of sp³-hybridized carbons (Fsp3) is 0.200. The van der Waals surface area contributed by atoms with Gasteiger partial charge in [0.1, 0.15) is 0 Å². The smallest absolute Gasteiger partial charge is 0.00450 e. The van der Waals surface area contributed by atoms with E-state index in [1.165, 1.54) is 16.7 Å². The van der Waals surface area contributed by atoms with Gasteiger partial charge in [-0.15, -0.1) is 0 Å². The van der Waals surface area contributed by atoms with Crippen LogP contribution in [0.1, 0.15) is 30.5 Å². The van der Waals surface area contributed by atoms with Crippen LogP contribution in [0.4, 0.5) is 0 Å². The van der Waals surface area contributed by atoms with Crippen LogP contribution in [-0.4, -0.2) is 6.26 Å². The average molecular weight is 232 g/mol. The molecule has 0 nitrogen and oxygen atoms in total. The second-order valence-electron chi connectivity index (χ2n) is 2.87. The molecule has 0 aromatic heterocycles. The van der Waals surface area contributed by atoms with Gasteiger partial charge in [-0.25, -0.2) is 0 Å². The molecule has 2 rings (SSSR count). The first-order valence-corrected chi connectivity index (χ1v) is 6.30. The highest BCUT2D eigenvalue weighted by molar-refractivity contribution is 7.79. The highest BCUT2D eigenvalue weighted by Gasteiger charge is 2.10. The Bertz CT molecular complexity index is 386. The van der Waals surface area contributed by atoms with E-state index in [0.29, 0.717) is 0 Å². The minimum atomic E-state index is 1.08. The maximum atomic E-state index is 3.97. The van der Waals surface area contributed by atoms with Crippen molar-refractivity contribution >= 4 is 30.4 Å². The lowest BCUT2D eigenvalue weighted by Gasteiger charge is -2.03. The third-order valence-electron chi connectivity index (χ3n) is 2.13. The minimum Gasteiger partial charge on any atom is -0.183 e. The Kier molecular flexibility index (Phi) is 7.40. The lowest BCUT2D eigenvalue weighted by molar-refractivity contribution is 1.50. The molecule has 0 fully saturated rings. The molecule has 0 bridgehead atoms. The summed E-state index contributed by atoms with van der Waals surface area (Å²) in [5.74, 6) is 0. The Morgan fingerprint density at radius 3 is 2.31 bits per heavy atom. The van der Waals surface area contributed by atoms with Gasteiger partial charge in [-0.1, -0.05) is 63.4 Å². The average Bonchev–Trinajstić information content (AvgIpc) is 2.76. The molecule has 1 aliphatic carbocycles. The van der Waals surface area contributed by atoms with Crippen molar-refractivity contribution in [1.29, 1.82) is 0 Å². The topological polar surface area (TPSA) is 0 Å². The van der Waals surface area contributed by atoms with Gasteiger partial charge < -0.3 is 0 Å². The molecule has 0 unspecified atom stereocenters. The van der Waals surface area contributed by atoms with Crippen LogP contribution in [0.25, 0.3) is 17.7 Å². The third-order valence-corrected chi connectivity index (χ3v) is 2.13. The van der Waals surface area contributed by atoms with Crippen molar-refractivity contribution in [2.24, 2.45) is 0 Å². The lowest BCUT2D eigenvalue weighted by Crippen LogP contribution is -1.84. The zero-order chi connectivity index (χ0) is 12.6. The van der Waals surface area contributed by atoms with E-state index in [9.17, 15) is 0 Å². The van der Waals surface area contributed by atoms with E-state index in [1.807, 2.05) is 32.1 Å². The summed E-state index contributed by atoms with van der Waals surface area (Å²) < 4.78 is 0. The standard InChI is InChI=1S/C12H10.C2H6.CH4S/c1-3-10-5-4-6-11-8-7-9(2)12(10)11;2*1-2/h3-8H,1-2H2;1-2H3;2H,1H3. The number of fused-ring (bicyclic) bond motifs is 1. The molecule has 0 atom stereocenters. The zero-order valence-electron chi connectivity index (χ0n) is 10.3. The Morgan fingerprint density at radius 1 is 1.12 bits per heavy atom. The van der Waals surface area contributed by atoms with Crippen LogP contribution in [0.2, 0.25) is 0 Å². The van der Waals surface area contributed by atoms with Gasteiger partial charge in [0.15, 0.2) is 0 Å². The predicted molar refractivity (Wildman–Crippen MR) is 80.9 cm³/mol. The number of benzene rings is 1. The highest BCUT2D eigenvalue weighted by Crippen LogP contribution is 2.30. The van der Waals surface area contributed by atoms with Gasteiger partial charge in [-0.05, 0) is 28.5 Å². The van der Waals surface area contributed by atoms with Crippen LogP contribution in [-0.2, 0) is 0 Å². The monoisotopic (exact) mass is 232 g/mol. The van der Waals surface area contributed by atoms with Gasteiger partial charge in [0.05, 0.1) is 0 Å². The molecule has 0 aliphatic heterocycles. The van der Waals surface area contributed by atoms with Crippen LogP contribution < -0.4 is 0 Å². The van der Waals surface area contributed by atoms with E-state index in [0.717, 1.165) is 5.57 Å². The molecule has 0 heterocycles.